The van der Waals surface area contributed by atoms with Crippen LogP contribution in [-0.2, 0) is 10.0 Å². The van der Waals surface area contributed by atoms with Crippen molar-refractivity contribution < 1.29 is 13.3 Å². The average molecular weight is 308 g/mol. The molecule has 2 aromatic rings. The molecule has 0 spiro atoms. The van der Waals surface area contributed by atoms with Crippen LogP contribution in [0.4, 0.5) is 17.1 Å². The van der Waals surface area contributed by atoms with E-state index in [2.05, 4.69) is 15.0 Å². The molecule has 0 saturated carbocycles. The standard InChI is InChI=1S/C12H12N4O4S/c1-13-11-7-10(4-5-12(11)16(17)18)21(19,20)15-9-3-2-6-14-8-9/h2-8,13,15H,1H3. The zero-order valence-electron chi connectivity index (χ0n) is 11.0. The highest BCUT2D eigenvalue weighted by molar-refractivity contribution is 7.92. The van der Waals surface area contributed by atoms with Crippen molar-refractivity contribution in [3.8, 4) is 0 Å². The van der Waals surface area contributed by atoms with Gasteiger partial charge in [-0.3, -0.25) is 19.8 Å². The molecule has 0 saturated heterocycles. The van der Waals surface area contributed by atoms with Gasteiger partial charge < -0.3 is 5.32 Å². The second-order valence-corrected chi connectivity index (χ2v) is 5.72. The van der Waals surface area contributed by atoms with Gasteiger partial charge in [-0.1, -0.05) is 0 Å². The highest BCUT2D eigenvalue weighted by Gasteiger charge is 2.20. The first-order valence-corrected chi connectivity index (χ1v) is 7.31. The van der Waals surface area contributed by atoms with Gasteiger partial charge in [-0.2, -0.15) is 0 Å². The summed E-state index contributed by atoms with van der Waals surface area (Å²) in [6.07, 6.45) is 2.88. The second kappa shape index (κ2) is 5.75. The van der Waals surface area contributed by atoms with Gasteiger partial charge in [0.05, 0.1) is 21.7 Å². The molecule has 0 aliphatic carbocycles. The third-order valence-corrected chi connectivity index (χ3v) is 4.04. The number of anilines is 2. The summed E-state index contributed by atoms with van der Waals surface area (Å²) < 4.78 is 26.8. The first-order valence-electron chi connectivity index (χ1n) is 5.83. The summed E-state index contributed by atoms with van der Waals surface area (Å²) in [6.45, 7) is 0. The molecule has 0 radical (unpaired) electrons. The average Bonchev–Trinajstić information content (AvgIpc) is 2.47. The molecule has 110 valence electrons. The highest BCUT2D eigenvalue weighted by Crippen LogP contribution is 2.27. The molecular weight excluding hydrogens is 296 g/mol. The zero-order chi connectivity index (χ0) is 15.5. The predicted molar refractivity (Wildman–Crippen MR) is 77.7 cm³/mol. The fourth-order valence-corrected chi connectivity index (χ4v) is 2.75. The van der Waals surface area contributed by atoms with E-state index in [1.54, 1.807) is 12.1 Å². The van der Waals surface area contributed by atoms with E-state index in [0.717, 1.165) is 6.07 Å². The summed E-state index contributed by atoms with van der Waals surface area (Å²) in [5, 5.41) is 13.4. The highest BCUT2D eigenvalue weighted by atomic mass is 32.2. The number of rotatable bonds is 5. The van der Waals surface area contributed by atoms with Crippen molar-refractivity contribution in [3.63, 3.8) is 0 Å². The van der Waals surface area contributed by atoms with Gasteiger partial charge >= 0.3 is 0 Å². The van der Waals surface area contributed by atoms with Crippen LogP contribution >= 0.6 is 0 Å². The maximum atomic E-state index is 12.2. The van der Waals surface area contributed by atoms with E-state index in [0.29, 0.717) is 5.69 Å². The van der Waals surface area contributed by atoms with Crippen LogP contribution in [0.15, 0.2) is 47.6 Å². The van der Waals surface area contributed by atoms with Gasteiger partial charge in [0.1, 0.15) is 5.69 Å². The lowest BCUT2D eigenvalue weighted by atomic mass is 10.3. The van der Waals surface area contributed by atoms with E-state index < -0.39 is 14.9 Å². The molecule has 0 aliphatic heterocycles. The fraction of sp³-hybridized carbons (Fsp3) is 0.0833. The van der Waals surface area contributed by atoms with Crippen LogP contribution in [0.3, 0.4) is 0 Å². The number of aromatic nitrogens is 1. The Morgan fingerprint density at radius 1 is 1.29 bits per heavy atom. The summed E-state index contributed by atoms with van der Waals surface area (Å²) >= 11 is 0. The van der Waals surface area contributed by atoms with Crippen LogP contribution in [0.1, 0.15) is 0 Å². The topological polar surface area (TPSA) is 114 Å². The molecule has 0 atom stereocenters. The van der Waals surface area contributed by atoms with E-state index >= 15 is 0 Å². The number of nitrogens with zero attached hydrogens (tertiary/aromatic N) is 2. The van der Waals surface area contributed by atoms with Crippen LogP contribution in [0.2, 0.25) is 0 Å². The Hall–Kier alpha value is -2.68. The van der Waals surface area contributed by atoms with Crippen LogP contribution in [0.5, 0.6) is 0 Å². The fourth-order valence-electron chi connectivity index (χ4n) is 1.68. The molecule has 2 rings (SSSR count). The number of nitro groups is 1. The lowest BCUT2D eigenvalue weighted by Crippen LogP contribution is -2.13. The molecule has 8 nitrogen and oxygen atoms in total. The van der Waals surface area contributed by atoms with Crippen LogP contribution < -0.4 is 10.0 Å². The minimum absolute atomic E-state index is 0.0821. The quantitative estimate of drug-likeness (QED) is 0.643. The molecule has 1 aromatic heterocycles. The number of sulfonamides is 1. The first-order chi connectivity index (χ1) is 9.94. The lowest BCUT2D eigenvalue weighted by Gasteiger charge is -2.09. The number of pyridine rings is 1. The van der Waals surface area contributed by atoms with E-state index in [4.69, 9.17) is 0 Å². The summed E-state index contributed by atoms with van der Waals surface area (Å²) in [5.41, 5.74) is 0.230. The number of nitrogens with one attached hydrogen (secondary N) is 2. The third-order valence-electron chi connectivity index (χ3n) is 2.66. The third kappa shape index (κ3) is 3.26. The minimum Gasteiger partial charge on any atom is -0.383 e. The molecule has 1 heterocycles. The molecule has 0 fully saturated rings. The zero-order valence-corrected chi connectivity index (χ0v) is 11.8. The van der Waals surface area contributed by atoms with Gasteiger partial charge in [0.2, 0.25) is 0 Å². The summed E-state index contributed by atoms with van der Waals surface area (Å²) in [6, 6.07) is 6.67. The lowest BCUT2D eigenvalue weighted by molar-refractivity contribution is -0.384. The van der Waals surface area contributed by atoms with Gasteiger partial charge in [0, 0.05) is 19.3 Å². The van der Waals surface area contributed by atoms with Gasteiger partial charge in [-0.05, 0) is 24.3 Å². The van der Waals surface area contributed by atoms with Crippen molar-refractivity contribution in [2.75, 3.05) is 17.1 Å². The van der Waals surface area contributed by atoms with Crippen LogP contribution in [0, 0.1) is 10.1 Å². The van der Waals surface area contributed by atoms with Gasteiger partial charge in [-0.25, -0.2) is 8.42 Å². The van der Waals surface area contributed by atoms with Crippen molar-refractivity contribution in [2.45, 2.75) is 4.90 Å². The Morgan fingerprint density at radius 3 is 2.62 bits per heavy atom. The molecule has 0 bridgehead atoms. The van der Waals surface area contributed by atoms with Crippen molar-refractivity contribution in [2.24, 2.45) is 0 Å². The maximum absolute atomic E-state index is 12.2. The SMILES string of the molecule is CNc1cc(S(=O)(=O)Nc2cccnc2)ccc1[N+](=O)[O-]. The summed E-state index contributed by atoms with van der Waals surface area (Å²) in [4.78, 5) is 14.0. The van der Waals surface area contributed by atoms with E-state index in [1.807, 2.05) is 0 Å². The second-order valence-electron chi connectivity index (χ2n) is 4.03. The molecule has 0 aliphatic rings. The summed E-state index contributed by atoms with van der Waals surface area (Å²) in [5.74, 6) is 0. The van der Waals surface area contributed by atoms with Crippen molar-refractivity contribution in [3.05, 3.63) is 52.8 Å². The van der Waals surface area contributed by atoms with E-state index in [-0.39, 0.29) is 16.3 Å². The molecule has 0 amide bonds. The molecule has 1 aromatic carbocycles. The molecule has 2 N–H and O–H groups in total. The molecule has 21 heavy (non-hydrogen) atoms. The van der Waals surface area contributed by atoms with Gasteiger partial charge in [0.15, 0.2) is 0 Å². The normalized spacial score (nSPS) is 10.9. The van der Waals surface area contributed by atoms with Crippen molar-refractivity contribution in [1.29, 1.82) is 0 Å². The first kappa shape index (κ1) is 14.7. The Bertz CT molecular complexity index is 762. The Balaban J connectivity index is 2.39. The molecule has 9 heteroatoms. The van der Waals surface area contributed by atoms with E-state index in [9.17, 15) is 18.5 Å². The summed E-state index contributed by atoms with van der Waals surface area (Å²) in [7, 11) is -2.36. The number of nitro benzene ring substituents is 1. The number of hydrogen-bond acceptors (Lipinski definition) is 6. The number of benzene rings is 1. The van der Waals surface area contributed by atoms with Gasteiger partial charge in [-0.15, -0.1) is 0 Å². The Morgan fingerprint density at radius 2 is 2.05 bits per heavy atom. The Labute approximate surface area is 121 Å². The van der Waals surface area contributed by atoms with Crippen molar-refractivity contribution in [1.82, 2.24) is 4.98 Å². The largest absolute Gasteiger partial charge is 0.383 e. The van der Waals surface area contributed by atoms with Crippen LogP contribution in [0.25, 0.3) is 0 Å². The van der Waals surface area contributed by atoms with E-state index in [1.165, 1.54) is 31.6 Å². The molecular formula is C12H12N4O4S. The monoisotopic (exact) mass is 308 g/mol. The maximum Gasteiger partial charge on any atom is 0.292 e. The predicted octanol–water partition coefficient (Wildman–Crippen LogP) is 1.83. The molecule has 0 unspecified atom stereocenters. The number of hydrogen-bond donors (Lipinski definition) is 2. The Kier molecular flexibility index (Phi) is 4.03. The van der Waals surface area contributed by atoms with Crippen LogP contribution in [-0.4, -0.2) is 25.4 Å². The smallest absolute Gasteiger partial charge is 0.292 e. The minimum atomic E-state index is -3.84. The van der Waals surface area contributed by atoms with Gasteiger partial charge in [0.25, 0.3) is 15.7 Å². The van der Waals surface area contributed by atoms with Crippen molar-refractivity contribution >= 4 is 27.1 Å².